The molecular formula is C24H24N2O3S. The van der Waals surface area contributed by atoms with Crippen molar-refractivity contribution in [2.75, 3.05) is 25.0 Å². The predicted octanol–water partition coefficient (Wildman–Crippen LogP) is 4.93. The van der Waals surface area contributed by atoms with E-state index in [0.29, 0.717) is 35.2 Å². The zero-order valence-electron chi connectivity index (χ0n) is 16.6. The Labute approximate surface area is 180 Å². The lowest BCUT2D eigenvalue weighted by Crippen LogP contribution is -2.41. The molecule has 30 heavy (non-hydrogen) atoms. The van der Waals surface area contributed by atoms with Crippen molar-refractivity contribution in [1.82, 2.24) is 4.90 Å². The molecule has 1 unspecified atom stereocenters. The van der Waals surface area contributed by atoms with Crippen LogP contribution in [0.15, 0.2) is 72.1 Å². The molecule has 3 aromatic rings. The highest BCUT2D eigenvalue weighted by atomic mass is 32.1. The lowest BCUT2D eigenvalue weighted by molar-refractivity contribution is 0.0633. The van der Waals surface area contributed by atoms with Gasteiger partial charge in [-0.1, -0.05) is 30.3 Å². The van der Waals surface area contributed by atoms with Crippen LogP contribution in [-0.2, 0) is 0 Å². The van der Waals surface area contributed by atoms with Gasteiger partial charge in [0, 0.05) is 30.3 Å². The number of carbonyl (C=O) groups excluding carboxylic acids is 2. The van der Waals surface area contributed by atoms with E-state index in [9.17, 15) is 9.59 Å². The maximum atomic E-state index is 13.1. The van der Waals surface area contributed by atoms with Crippen LogP contribution in [0.1, 0.15) is 32.9 Å². The van der Waals surface area contributed by atoms with Crippen LogP contribution in [-0.4, -0.2) is 36.4 Å². The Bertz CT molecular complexity index is 989. The van der Waals surface area contributed by atoms with Gasteiger partial charge in [0.15, 0.2) is 0 Å². The lowest BCUT2D eigenvalue weighted by Gasteiger charge is -2.32. The van der Waals surface area contributed by atoms with Crippen LogP contribution in [0.3, 0.4) is 0 Å². The summed E-state index contributed by atoms with van der Waals surface area (Å²) in [6.07, 6.45) is 2.01. The summed E-state index contributed by atoms with van der Waals surface area (Å²) in [5, 5.41) is 4.73. The second-order valence-corrected chi connectivity index (χ2v) is 8.34. The zero-order chi connectivity index (χ0) is 20.8. The molecule has 1 saturated heterocycles. The monoisotopic (exact) mass is 420 g/mol. The van der Waals surface area contributed by atoms with Crippen molar-refractivity contribution in [3.8, 4) is 5.75 Å². The molecule has 0 bridgehead atoms. The van der Waals surface area contributed by atoms with Gasteiger partial charge < -0.3 is 15.0 Å². The molecule has 2 amide bonds. The van der Waals surface area contributed by atoms with Gasteiger partial charge in [0.1, 0.15) is 5.75 Å². The largest absolute Gasteiger partial charge is 0.493 e. The van der Waals surface area contributed by atoms with Crippen molar-refractivity contribution in [1.29, 1.82) is 0 Å². The summed E-state index contributed by atoms with van der Waals surface area (Å²) in [6, 6.07) is 20.5. The average Bonchev–Trinajstić information content (AvgIpc) is 3.34. The van der Waals surface area contributed by atoms with Gasteiger partial charge in [-0.15, -0.1) is 11.3 Å². The van der Waals surface area contributed by atoms with Crippen molar-refractivity contribution in [3.05, 3.63) is 82.6 Å². The summed E-state index contributed by atoms with van der Waals surface area (Å²) in [5.74, 6) is 0.997. The van der Waals surface area contributed by atoms with Gasteiger partial charge in [-0.2, -0.15) is 0 Å². The minimum Gasteiger partial charge on any atom is -0.493 e. The number of nitrogens with zero attached hydrogens (tertiary/aromatic N) is 1. The highest BCUT2D eigenvalue weighted by molar-refractivity contribution is 7.12. The molecule has 5 nitrogen and oxygen atoms in total. The Morgan fingerprint density at radius 2 is 1.93 bits per heavy atom. The fraction of sp³-hybridized carbons (Fsp3) is 0.250. The van der Waals surface area contributed by atoms with E-state index in [2.05, 4.69) is 5.32 Å². The Morgan fingerprint density at radius 1 is 1.07 bits per heavy atom. The smallest absolute Gasteiger partial charge is 0.265 e. The van der Waals surface area contributed by atoms with Crippen LogP contribution in [0.5, 0.6) is 5.75 Å². The second-order valence-electron chi connectivity index (χ2n) is 7.40. The number of anilines is 1. The summed E-state index contributed by atoms with van der Waals surface area (Å²) in [4.78, 5) is 27.9. The third-order valence-corrected chi connectivity index (χ3v) is 6.02. The van der Waals surface area contributed by atoms with Gasteiger partial charge in [-0.25, -0.2) is 0 Å². The third-order valence-electron chi connectivity index (χ3n) is 5.15. The van der Waals surface area contributed by atoms with E-state index in [-0.39, 0.29) is 11.8 Å². The molecule has 154 valence electrons. The molecule has 2 heterocycles. The molecule has 1 fully saturated rings. The Kier molecular flexibility index (Phi) is 6.44. The van der Waals surface area contributed by atoms with E-state index < -0.39 is 0 Å². The molecule has 4 rings (SSSR count). The standard InChI is InChI=1S/C24H24N2O3S/c27-23(22-12-6-14-30-22)25-20-9-4-8-19(15-20)24(28)26-13-5-7-18(16-26)17-29-21-10-2-1-3-11-21/h1-4,6,8-12,14-15,18H,5,7,13,16-17H2,(H,25,27). The minimum absolute atomic E-state index is 0.00775. The first-order valence-electron chi connectivity index (χ1n) is 10.1. The topological polar surface area (TPSA) is 58.6 Å². The van der Waals surface area contributed by atoms with Gasteiger partial charge in [-0.3, -0.25) is 9.59 Å². The molecule has 6 heteroatoms. The van der Waals surface area contributed by atoms with E-state index in [0.717, 1.165) is 25.1 Å². The molecule has 1 aromatic heterocycles. The molecule has 1 N–H and O–H groups in total. The Hall–Kier alpha value is -3.12. The number of ether oxygens (including phenoxy) is 1. The van der Waals surface area contributed by atoms with Gasteiger partial charge in [0.25, 0.3) is 11.8 Å². The fourth-order valence-electron chi connectivity index (χ4n) is 3.63. The molecule has 1 aliphatic rings. The van der Waals surface area contributed by atoms with Crippen LogP contribution in [0.4, 0.5) is 5.69 Å². The normalized spacial score (nSPS) is 16.1. The van der Waals surface area contributed by atoms with E-state index in [4.69, 9.17) is 4.74 Å². The van der Waals surface area contributed by atoms with Crippen LogP contribution in [0.25, 0.3) is 0 Å². The van der Waals surface area contributed by atoms with Crippen LogP contribution < -0.4 is 10.1 Å². The molecular weight excluding hydrogens is 396 g/mol. The highest BCUT2D eigenvalue weighted by Crippen LogP contribution is 2.22. The summed E-state index contributed by atoms with van der Waals surface area (Å²) in [6.45, 7) is 2.02. The molecule has 1 atom stereocenters. The summed E-state index contributed by atoms with van der Waals surface area (Å²) >= 11 is 1.39. The molecule has 1 aliphatic heterocycles. The number of benzene rings is 2. The Morgan fingerprint density at radius 3 is 2.73 bits per heavy atom. The summed E-state index contributed by atoms with van der Waals surface area (Å²) in [5.41, 5.74) is 1.21. The number of nitrogens with one attached hydrogen (secondary N) is 1. The molecule has 0 radical (unpaired) electrons. The predicted molar refractivity (Wildman–Crippen MR) is 119 cm³/mol. The zero-order valence-corrected chi connectivity index (χ0v) is 17.4. The van der Waals surface area contributed by atoms with E-state index in [1.165, 1.54) is 11.3 Å². The maximum Gasteiger partial charge on any atom is 0.265 e. The van der Waals surface area contributed by atoms with E-state index in [1.54, 1.807) is 30.3 Å². The van der Waals surface area contributed by atoms with Crippen molar-refractivity contribution in [2.24, 2.45) is 5.92 Å². The van der Waals surface area contributed by atoms with Gasteiger partial charge >= 0.3 is 0 Å². The number of carbonyl (C=O) groups is 2. The molecule has 2 aromatic carbocycles. The number of hydrogen-bond donors (Lipinski definition) is 1. The number of likely N-dealkylation sites (tertiary alicyclic amines) is 1. The summed E-state index contributed by atoms with van der Waals surface area (Å²) < 4.78 is 5.89. The molecule has 0 aliphatic carbocycles. The quantitative estimate of drug-likeness (QED) is 0.615. The number of piperidine rings is 1. The minimum atomic E-state index is -0.161. The van der Waals surface area contributed by atoms with Gasteiger partial charge in [-0.05, 0) is 54.6 Å². The maximum absolute atomic E-state index is 13.1. The van der Waals surface area contributed by atoms with E-state index >= 15 is 0 Å². The number of para-hydroxylation sites is 1. The Balaban J connectivity index is 1.37. The van der Waals surface area contributed by atoms with E-state index in [1.807, 2.05) is 46.7 Å². The van der Waals surface area contributed by atoms with Crippen molar-refractivity contribution < 1.29 is 14.3 Å². The molecule has 0 spiro atoms. The number of amides is 2. The van der Waals surface area contributed by atoms with Gasteiger partial charge in [0.2, 0.25) is 0 Å². The number of hydrogen-bond acceptors (Lipinski definition) is 4. The third kappa shape index (κ3) is 5.07. The first kappa shape index (κ1) is 20.2. The SMILES string of the molecule is O=C(Nc1cccc(C(=O)N2CCCC(COc3ccccc3)C2)c1)c1cccs1. The number of thiophene rings is 1. The van der Waals surface area contributed by atoms with Crippen molar-refractivity contribution in [3.63, 3.8) is 0 Å². The van der Waals surface area contributed by atoms with Crippen molar-refractivity contribution in [2.45, 2.75) is 12.8 Å². The van der Waals surface area contributed by atoms with Crippen LogP contribution in [0.2, 0.25) is 0 Å². The first-order valence-corrected chi connectivity index (χ1v) is 11.0. The lowest BCUT2D eigenvalue weighted by atomic mass is 9.98. The molecule has 0 saturated carbocycles. The van der Waals surface area contributed by atoms with Crippen molar-refractivity contribution >= 4 is 28.8 Å². The second kappa shape index (κ2) is 9.59. The first-order chi connectivity index (χ1) is 14.7. The number of rotatable bonds is 6. The average molecular weight is 421 g/mol. The highest BCUT2D eigenvalue weighted by Gasteiger charge is 2.25. The van der Waals surface area contributed by atoms with Crippen LogP contribution in [0, 0.1) is 5.92 Å². The summed E-state index contributed by atoms with van der Waals surface area (Å²) in [7, 11) is 0. The van der Waals surface area contributed by atoms with Crippen LogP contribution >= 0.6 is 11.3 Å². The van der Waals surface area contributed by atoms with Gasteiger partial charge in [0.05, 0.1) is 11.5 Å². The fourth-order valence-corrected chi connectivity index (χ4v) is 4.25.